The third-order valence-corrected chi connectivity index (χ3v) is 5.12. The second-order valence-corrected chi connectivity index (χ2v) is 6.88. The van der Waals surface area contributed by atoms with Crippen LogP contribution in [0.5, 0.6) is 0 Å². The molecule has 0 saturated heterocycles. The first-order valence-electron chi connectivity index (χ1n) is 7.83. The van der Waals surface area contributed by atoms with Gasteiger partial charge in [-0.1, -0.05) is 43.0 Å². The Kier molecular flexibility index (Phi) is 4.13. The zero-order valence-corrected chi connectivity index (χ0v) is 13.1. The Hall–Kier alpha value is -1.55. The summed E-state index contributed by atoms with van der Waals surface area (Å²) in [6.45, 7) is 0. The number of nitrogens with one attached hydrogen (secondary N) is 1. The zero-order chi connectivity index (χ0) is 15.7. The van der Waals surface area contributed by atoms with Gasteiger partial charge in [-0.15, -0.1) is 0 Å². The van der Waals surface area contributed by atoms with Gasteiger partial charge < -0.3 is 10.4 Å². The fourth-order valence-corrected chi connectivity index (χ4v) is 3.67. The number of carboxylic acid groups (broad SMARTS) is 1. The summed E-state index contributed by atoms with van der Waals surface area (Å²) in [5.41, 5.74) is -0.00255. The number of amides is 1. The number of benzene rings is 1. The highest BCUT2D eigenvalue weighted by Gasteiger charge is 2.48. The van der Waals surface area contributed by atoms with Crippen molar-refractivity contribution in [1.29, 1.82) is 0 Å². The van der Waals surface area contributed by atoms with E-state index in [1.807, 2.05) is 24.3 Å². The lowest BCUT2D eigenvalue weighted by Gasteiger charge is -2.34. The quantitative estimate of drug-likeness (QED) is 0.893. The van der Waals surface area contributed by atoms with Gasteiger partial charge in [0, 0.05) is 10.9 Å². The van der Waals surface area contributed by atoms with Gasteiger partial charge in [-0.3, -0.25) is 4.79 Å². The van der Waals surface area contributed by atoms with Crippen LogP contribution in [0.4, 0.5) is 0 Å². The molecule has 5 heteroatoms. The molecule has 118 valence electrons. The Morgan fingerprint density at radius 1 is 1.23 bits per heavy atom. The minimum atomic E-state index is -1.06. The Morgan fingerprint density at radius 3 is 2.59 bits per heavy atom. The van der Waals surface area contributed by atoms with E-state index in [2.05, 4.69) is 5.32 Å². The minimum absolute atomic E-state index is 0.128. The fraction of sp³-hybridized carbons (Fsp3) is 0.529. The van der Waals surface area contributed by atoms with E-state index >= 15 is 0 Å². The Morgan fingerprint density at radius 2 is 1.95 bits per heavy atom. The summed E-state index contributed by atoms with van der Waals surface area (Å²) in [6, 6.07) is 7.54. The van der Waals surface area contributed by atoms with Gasteiger partial charge in [0.1, 0.15) is 5.54 Å². The molecular weight excluding hydrogens is 302 g/mol. The summed E-state index contributed by atoms with van der Waals surface area (Å²) < 4.78 is 0. The molecule has 2 saturated carbocycles. The number of halogens is 1. The molecule has 0 spiro atoms. The van der Waals surface area contributed by atoms with Crippen LogP contribution in [0.25, 0.3) is 0 Å². The van der Waals surface area contributed by atoms with Crippen molar-refractivity contribution in [3.63, 3.8) is 0 Å². The number of carboxylic acids is 1. The molecule has 1 amide bonds. The largest absolute Gasteiger partial charge is 0.480 e. The van der Waals surface area contributed by atoms with E-state index in [1.165, 1.54) is 0 Å². The third-order valence-electron chi connectivity index (χ3n) is 4.88. The van der Waals surface area contributed by atoms with Crippen molar-refractivity contribution in [3.05, 3.63) is 34.9 Å². The van der Waals surface area contributed by atoms with Crippen LogP contribution in [-0.4, -0.2) is 22.5 Å². The average Bonchev–Trinajstić information content (AvgIpc) is 3.28. The summed E-state index contributed by atoms with van der Waals surface area (Å²) in [5, 5.41) is 13.0. The van der Waals surface area contributed by atoms with E-state index in [4.69, 9.17) is 11.6 Å². The van der Waals surface area contributed by atoms with Crippen molar-refractivity contribution in [2.45, 2.75) is 50.0 Å². The van der Waals surface area contributed by atoms with Crippen LogP contribution in [0, 0.1) is 5.92 Å². The molecule has 2 aliphatic carbocycles. The van der Waals surface area contributed by atoms with Crippen LogP contribution in [0.1, 0.15) is 50.0 Å². The molecule has 22 heavy (non-hydrogen) atoms. The molecule has 0 aliphatic heterocycles. The van der Waals surface area contributed by atoms with Gasteiger partial charge in [0.25, 0.3) is 0 Å². The lowest BCUT2D eigenvalue weighted by Crippen LogP contribution is -2.56. The standard InChI is InChI=1S/C17H20ClNO3/c18-12-6-4-5-11(9-12)13-10-14(13)15(20)19-17(16(21)22)7-2-1-3-8-17/h4-6,9,13-14H,1-3,7-8,10H2,(H,19,20)(H,21,22). The maximum atomic E-state index is 12.4. The monoisotopic (exact) mass is 321 g/mol. The van der Waals surface area contributed by atoms with Crippen molar-refractivity contribution < 1.29 is 14.7 Å². The van der Waals surface area contributed by atoms with Crippen LogP contribution in [0.3, 0.4) is 0 Å². The van der Waals surface area contributed by atoms with E-state index in [0.29, 0.717) is 17.9 Å². The molecule has 2 N–H and O–H groups in total. The van der Waals surface area contributed by atoms with Crippen molar-refractivity contribution in [2.24, 2.45) is 5.92 Å². The Bertz CT molecular complexity index is 595. The first kappa shape index (κ1) is 15.3. The van der Waals surface area contributed by atoms with Gasteiger partial charge in [0.2, 0.25) is 5.91 Å². The maximum absolute atomic E-state index is 12.4. The molecule has 4 nitrogen and oxygen atoms in total. The molecule has 0 heterocycles. The lowest BCUT2D eigenvalue weighted by atomic mass is 9.81. The first-order valence-corrected chi connectivity index (χ1v) is 8.20. The number of rotatable bonds is 4. The van der Waals surface area contributed by atoms with Crippen LogP contribution in [0.15, 0.2) is 24.3 Å². The topological polar surface area (TPSA) is 66.4 Å². The van der Waals surface area contributed by atoms with E-state index < -0.39 is 11.5 Å². The predicted octanol–water partition coefficient (Wildman–Crippen LogP) is 3.35. The normalized spacial score (nSPS) is 26.2. The number of carbonyl (C=O) groups is 2. The summed E-state index contributed by atoms with van der Waals surface area (Å²) in [6.07, 6.45) is 4.58. The van der Waals surface area contributed by atoms with Crippen molar-refractivity contribution in [2.75, 3.05) is 0 Å². The third kappa shape index (κ3) is 2.98. The Balaban J connectivity index is 1.67. The van der Waals surface area contributed by atoms with Crippen LogP contribution in [-0.2, 0) is 9.59 Å². The minimum Gasteiger partial charge on any atom is -0.480 e. The van der Waals surface area contributed by atoms with Crippen LogP contribution < -0.4 is 5.32 Å². The van der Waals surface area contributed by atoms with Crippen molar-refractivity contribution >= 4 is 23.5 Å². The first-order chi connectivity index (χ1) is 10.5. The van der Waals surface area contributed by atoms with Crippen molar-refractivity contribution in [3.8, 4) is 0 Å². The van der Waals surface area contributed by atoms with Gasteiger partial charge in [0.05, 0.1) is 0 Å². The van der Waals surface area contributed by atoms with Gasteiger partial charge in [-0.05, 0) is 42.9 Å². The summed E-state index contributed by atoms with van der Waals surface area (Å²) in [4.78, 5) is 24.1. The molecule has 0 bridgehead atoms. The zero-order valence-electron chi connectivity index (χ0n) is 12.3. The predicted molar refractivity (Wildman–Crippen MR) is 83.9 cm³/mol. The fourth-order valence-electron chi connectivity index (χ4n) is 3.47. The molecule has 3 rings (SSSR count). The lowest BCUT2D eigenvalue weighted by molar-refractivity contribution is -0.149. The van der Waals surface area contributed by atoms with Crippen molar-refractivity contribution in [1.82, 2.24) is 5.32 Å². The molecule has 1 aromatic carbocycles. The van der Waals surface area contributed by atoms with E-state index in [1.54, 1.807) is 0 Å². The highest BCUT2D eigenvalue weighted by atomic mass is 35.5. The van der Waals surface area contributed by atoms with Crippen LogP contribution >= 0.6 is 11.6 Å². The second-order valence-electron chi connectivity index (χ2n) is 6.44. The summed E-state index contributed by atoms with van der Waals surface area (Å²) >= 11 is 5.99. The number of hydrogen-bond acceptors (Lipinski definition) is 2. The summed E-state index contributed by atoms with van der Waals surface area (Å²) in [5.74, 6) is -1.00. The molecule has 2 fully saturated rings. The van der Waals surface area contributed by atoms with Crippen LogP contribution in [0.2, 0.25) is 5.02 Å². The molecule has 2 unspecified atom stereocenters. The van der Waals surface area contributed by atoms with Gasteiger partial charge in [-0.25, -0.2) is 4.79 Å². The molecule has 2 aliphatic rings. The maximum Gasteiger partial charge on any atom is 0.329 e. The van der Waals surface area contributed by atoms with Gasteiger partial charge in [-0.2, -0.15) is 0 Å². The second kappa shape index (κ2) is 5.92. The average molecular weight is 322 g/mol. The number of hydrogen-bond donors (Lipinski definition) is 2. The van der Waals surface area contributed by atoms with E-state index in [0.717, 1.165) is 31.2 Å². The highest BCUT2D eigenvalue weighted by Crippen LogP contribution is 2.48. The molecule has 0 aromatic heterocycles. The van der Waals surface area contributed by atoms with E-state index in [-0.39, 0.29) is 17.7 Å². The molecule has 0 radical (unpaired) electrons. The molecular formula is C17H20ClNO3. The SMILES string of the molecule is O=C(NC1(C(=O)O)CCCCC1)C1CC1c1cccc(Cl)c1. The molecule has 1 aromatic rings. The number of aliphatic carboxylic acids is 1. The highest BCUT2D eigenvalue weighted by molar-refractivity contribution is 6.30. The van der Waals surface area contributed by atoms with Gasteiger partial charge >= 0.3 is 5.97 Å². The molecule has 2 atom stereocenters. The van der Waals surface area contributed by atoms with Gasteiger partial charge in [0.15, 0.2) is 0 Å². The smallest absolute Gasteiger partial charge is 0.329 e. The summed E-state index contributed by atoms with van der Waals surface area (Å²) in [7, 11) is 0. The Labute approximate surface area is 134 Å². The van der Waals surface area contributed by atoms with E-state index in [9.17, 15) is 14.7 Å². The number of carbonyl (C=O) groups excluding carboxylic acids is 1.